The molecule has 0 amide bonds. The normalized spacial score (nSPS) is 17.3. The summed E-state index contributed by atoms with van der Waals surface area (Å²) in [5.41, 5.74) is 0.931. The Morgan fingerprint density at radius 3 is 1.96 bits per heavy atom. The first kappa shape index (κ1) is 17.7. The van der Waals surface area contributed by atoms with Crippen molar-refractivity contribution in [2.45, 2.75) is 12.3 Å². The van der Waals surface area contributed by atoms with Gasteiger partial charge in [-0.3, -0.25) is 19.2 Å². The van der Waals surface area contributed by atoms with E-state index in [9.17, 15) is 19.2 Å². The Hall–Kier alpha value is -3.66. The molecule has 0 saturated heterocycles. The number of ketones is 4. The molecule has 0 atom stereocenters. The molecule has 1 saturated carbocycles. The van der Waals surface area contributed by atoms with E-state index in [0.717, 1.165) is 16.3 Å². The van der Waals surface area contributed by atoms with Crippen LogP contribution in [0, 0.1) is 0 Å². The molecule has 0 heterocycles. The molecule has 4 rings (SSSR count). The maximum atomic E-state index is 12.7. The van der Waals surface area contributed by atoms with E-state index in [0.29, 0.717) is 12.0 Å². The van der Waals surface area contributed by atoms with Crippen molar-refractivity contribution in [3.63, 3.8) is 0 Å². The van der Waals surface area contributed by atoms with E-state index in [1.807, 2.05) is 54.6 Å². The van der Waals surface area contributed by atoms with Crippen molar-refractivity contribution in [3.8, 4) is 0 Å². The molecule has 1 aliphatic rings. The number of allylic oxidation sites excluding steroid dienone is 2. The molecular weight excluding hydrogens is 352 g/mol. The van der Waals surface area contributed by atoms with Crippen LogP contribution in [0.4, 0.5) is 0 Å². The number of Topliss-reactive ketones (excluding diaryl/α,β-unsaturated/α-hetero) is 4. The van der Waals surface area contributed by atoms with Crippen LogP contribution in [0.25, 0.3) is 10.8 Å². The van der Waals surface area contributed by atoms with E-state index in [1.54, 1.807) is 18.2 Å². The smallest absolute Gasteiger partial charge is 0.233 e. The summed E-state index contributed by atoms with van der Waals surface area (Å²) < 4.78 is 0. The third-order valence-electron chi connectivity index (χ3n) is 4.95. The molecule has 0 N–H and O–H groups in total. The first-order valence-electron chi connectivity index (χ1n) is 8.96. The van der Waals surface area contributed by atoms with Gasteiger partial charge >= 0.3 is 0 Å². The van der Waals surface area contributed by atoms with Gasteiger partial charge in [0.1, 0.15) is 5.92 Å². The van der Waals surface area contributed by atoms with Crippen LogP contribution in [-0.4, -0.2) is 23.1 Å². The lowest BCUT2D eigenvalue weighted by atomic mass is 9.77. The van der Waals surface area contributed by atoms with Gasteiger partial charge in [-0.05, 0) is 34.4 Å². The zero-order valence-electron chi connectivity index (χ0n) is 14.9. The van der Waals surface area contributed by atoms with E-state index in [1.165, 1.54) is 6.08 Å². The maximum Gasteiger partial charge on any atom is 0.233 e. The Morgan fingerprint density at radius 2 is 1.29 bits per heavy atom. The van der Waals surface area contributed by atoms with E-state index < -0.39 is 29.1 Å². The van der Waals surface area contributed by atoms with Crippen LogP contribution in [0.2, 0.25) is 0 Å². The van der Waals surface area contributed by atoms with Gasteiger partial charge in [0.05, 0.1) is 5.57 Å². The van der Waals surface area contributed by atoms with Gasteiger partial charge in [0.15, 0.2) is 0 Å². The van der Waals surface area contributed by atoms with Crippen molar-refractivity contribution in [1.82, 2.24) is 0 Å². The van der Waals surface area contributed by atoms with Crippen LogP contribution in [0.15, 0.2) is 84.4 Å². The topological polar surface area (TPSA) is 68.3 Å². The second-order valence-electron chi connectivity index (χ2n) is 6.73. The highest BCUT2D eigenvalue weighted by Gasteiger charge is 2.45. The Bertz CT molecular complexity index is 1130. The lowest BCUT2D eigenvalue weighted by molar-refractivity contribution is -0.146. The molecule has 4 nitrogen and oxygen atoms in total. The second-order valence-corrected chi connectivity index (χ2v) is 6.73. The summed E-state index contributed by atoms with van der Waals surface area (Å²) in [6, 6.07) is 21.8. The molecule has 0 spiro atoms. The lowest BCUT2D eigenvalue weighted by Crippen LogP contribution is -2.42. The average molecular weight is 368 g/mol. The Kier molecular flexibility index (Phi) is 4.53. The van der Waals surface area contributed by atoms with Gasteiger partial charge in [0.25, 0.3) is 0 Å². The lowest BCUT2D eigenvalue weighted by Gasteiger charge is -2.20. The van der Waals surface area contributed by atoms with E-state index >= 15 is 0 Å². The number of benzene rings is 3. The first-order valence-corrected chi connectivity index (χ1v) is 8.96. The predicted molar refractivity (Wildman–Crippen MR) is 105 cm³/mol. The zero-order valence-corrected chi connectivity index (χ0v) is 14.9. The van der Waals surface area contributed by atoms with Crippen LogP contribution in [0.5, 0.6) is 0 Å². The van der Waals surface area contributed by atoms with Gasteiger partial charge in [-0.25, -0.2) is 0 Å². The first-order chi connectivity index (χ1) is 13.6. The number of rotatable bonds is 3. The average Bonchev–Trinajstić information content (AvgIpc) is 2.73. The van der Waals surface area contributed by atoms with Gasteiger partial charge in [0.2, 0.25) is 23.1 Å². The van der Waals surface area contributed by atoms with Crippen LogP contribution in [-0.2, 0) is 25.6 Å². The van der Waals surface area contributed by atoms with Crippen LogP contribution < -0.4 is 0 Å². The third-order valence-corrected chi connectivity index (χ3v) is 4.95. The van der Waals surface area contributed by atoms with Gasteiger partial charge < -0.3 is 0 Å². The van der Waals surface area contributed by atoms with Gasteiger partial charge in [-0.1, -0.05) is 72.8 Å². The predicted octanol–water partition coefficient (Wildman–Crippen LogP) is 3.38. The Morgan fingerprint density at radius 1 is 0.679 bits per heavy atom. The molecule has 0 aliphatic heterocycles. The number of carbonyl (C=O) groups excluding carboxylic acids is 4. The quantitative estimate of drug-likeness (QED) is 0.308. The Labute approximate surface area is 161 Å². The van der Waals surface area contributed by atoms with Crippen molar-refractivity contribution < 1.29 is 19.2 Å². The van der Waals surface area contributed by atoms with Crippen molar-refractivity contribution in [3.05, 3.63) is 95.6 Å². The SMILES string of the molecule is O=C1C(=O)C(c2ccc3ccccc3c2)C(=O)C(=O)C1=CCc1ccccc1. The summed E-state index contributed by atoms with van der Waals surface area (Å²) in [5.74, 6) is -4.84. The van der Waals surface area contributed by atoms with Crippen molar-refractivity contribution in [1.29, 1.82) is 0 Å². The van der Waals surface area contributed by atoms with Crippen molar-refractivity contribution in [2.75, 3.05) is 0 Å². The molecule has 0 aromatic heterocycles. The van der Waals surface area contributed by atoms with E-state index in [2.05, 4.69) is 0 Å². The summed E-state index contributed by atoms with van der Waals surface area (Å²) in [5, 5.41) is 1.79. The highest BCUT2D eigenvalue weighted by Crippen LogP contribution is 2.29. The number of carbonyl (C=O) groups is 4. The molecule has 0 bridgehead atoms. The number of fused-ring (bicyclic) bond motifs is 1. The molecule has 28 heavy (non-hydrogen) atoms. The van der Waals surface area contributed by atoms with Crippen LogP contribution >= 0.6 is 0 Å². The molecule has 4 heteroatoms. The molecule has 1 fully saturated rings. The minimum Gasteiger partial charge on any atom is -0.289 e. The number of hydrogen-bond acceptors (Lipinski definition) is 4. The van der Waals surface area contributed by atoms with Crippen molar-refractivity contribution >= 4 is 33.9 Å². The summed E-state index contributed by atoms with van der Waals surface area (Å²) in [6.45, 7) is 0. The standard InChI is InChI=1S/C24H16O4/c25-21-19(13-10-15-6-2-1-3-7-15)22(26)24(28)20(23(21)27)18-12-11-16-8-4-5-9-17(16)14-18/h1-9,11-14,20H,10H2. The molecular formula is C24H16O4. The summed E-state index contributed by atoms with van der Waals surface area (Å²) in [6.07, 6.45) is 1.68. The fourth-order valence-corrected chi connectivity index (χ4v) is 3.46. The van der Waals surface area contributed by atoms with E-state index in [4.69, 9.17) is 0 Å². The minimum atomic E-state index is -1.36. The minimum absolute atomic E-state index is 0.300. The monoisotopic (exact) mass is 368 g/mol. The summed E-state index contributed by atoms with van der Waals surface area (Å²) in [7, 11) is 0. The second kappa shape index (κ2) is 7.16. The maximum absolute atomic E-state index is 12.7. The van der Waals surface area contributed by atoms with Crippen molar-refractivity contribution in [2.24, 2.45) is 0 Å². The fourth-order valence-electron chi connectivity index (χ4n) is 3.46. The molecule has 0 radical (unpaired) electrons. The fraction of sp³-hybridized carbons (Fsp3) is 0.0833. The van der Waals surface area contributed by atoms with Crippen LogP contribution in [0.3, 0.4) is 0 Å². The van der Waals surface area contributed by atoms with Gasteiger partial charge in [0, 0.05) is 0 Å². The van der Waals surface area contributed by atoms with Gasteiger partial charge in [-0.2, -0.15) is 0 Å². The zero-order chi connectivity index (χ0) is 19.7. The molecule has 3 aromatic carbocycles. The third kappa shape index (κ3) is 3.09. The largest absolute Gasteiger partial charge is 0.289 e. The van der Waals surface area contributed by atoms with Gasteiger partial charge in [-0.15, -0.1) is 0 Å². The summed E-state index contributed by atoms with van der Waals surface area (Å²) in [4.78, 5) is 50.5. The number of hydrogen-bond donors (Lipinski definition) is 0. The molecule has 0 unspecified atom stereocenters. The summed E-state index contributed by atoms with van der Waals surface area (Å²) >= 11 is 0. The molecule has 136 valence electrons. The highest BCUT2D eigenvalue weighted by atomic mass is 16.2. The highest BCUT2D eigenvalue weighted by molar-refractivity contribution is 6.69. The Balaban J connectivity index is 1.67. The molecule has 1 aliphatic carbocycles. The van der Waals surface area contributed by atoms with E-state index in [-0.39, 0.29) is 5.57 Å². The van der Waals surface area contributed by atoms with Crippen LogP contribution in [0.1, 0.15) is 17.0 Å². The molecule has 3 aromatic rings.